The average molecular weight is 379 g/mol. The summed E-state index contributed by atoms with van der Waals surface area (Å²) >= 11 is 0. The number of rotatable bonds is 3. The Kier molecular flexibility index (Phi) is 4.31. The molecular formula is C21H25N5O2. The van der Waals surface area contributed by atoms with E-state index in [1.807, 2.05) is 4.90 Å². The Morgan fingerprint density at radius 1 is 1.11 bits per heavy atom. The number of amides is 1. The van der Waals surface area contributed by atoms with E-state index in [1.54, 1.807) is 18.4 Å². The number of carbonyl (C=O) groups excluding carboxylic acids is 1. The van der Waals surface area contributed by atoms with Gasteiger partial charge in [-0.3, -0.25) is 14.1 Å². The molecule has 0 saturated carbocycles. The molecule has 146 valence electrons. The number of anilines is 1. The highest BCUT2D eigenvalue weighted by Gasteiger charge is 2.31. The molecule has 3 aromatic rings. The van der Waals surface area contributed by atoms with Gasteiger partial charge in [0.2, 0.25) is 0 Å². The summed E-state index contributed by atoms with van der Waals surface area (Å²) in [4.78, 5) is 24.2. The Bertz CT molecular complexity index is 974. The van der Waals surface area contributed by atoms with Gasteiger partial charge in [0, 0.05) is 38.9 Å². The van der Waals surface area contributed by atoms with E-state index < -0.39 is 0 Å². The zero-order valence-corrected chi connectivity index (χ0v) is 16.1. The average Bonchev–Trinajstić information content (AvgIpc) is 3.48. The first-order valence-corrected chi connectivity index (χ1v) is 9.97. The number of furan rings is 1. The molecule has 0 aliphatic carbocycles. The Labute approximate surface area is 164 Å². The summed E-state index contributed by atoms with van der Waals surface area (Å²) in [5.41, 5.74) is 1.97. The Morgan fingerprint density at radius 2 is 1.96 bits per heavy atom. The SMILES string of the molecule is CN1CCN(C(=O)c2ccco2)C[C@H]1c1cn2c(N3CCCC3)cccc2n1. The van der Waals surface area contributed by atoms with Crippen molar-refractivity contribution in [2.24, 2.45) is 0 Å². The van der Waals surface area contributed by atoms with Gasteiger partial charge < -0.3 is 14.2 Å². The predicted molar refractivity (Wildman–Crippen MR) is 107 cm³/mol. The molecule has 0 spiro atoms. The van der Waals surface area contributed by atoms with Crippen LogP contribution in [0.5, 0.6) is 0 Å². The van der Waals surface area contributed by atoms with Gasteiger partial charge in [-0.25, -0.2) is 4.98 Å². The van der Waals surface area contributed by atoms with E-state index in [0.29, 0.717) is 18.8 Å². The molecule has 7 heteroatoms. The standard InChI is InChI=1S/C21H25N5O2/c1-23-11-12-25(21(27)18-6-5-13-28-18)15-17(23)16-14-26-19(22-16)7-4-8-20(26)24-9-2-3-10-24/h4-8,13-14,17H,2-3,9-12,15H2,1H3/t17-/m0/s1. The minimum Gasteiger partial charge on any atom is -0.459 e. The molecule has 2 aliphatic rings. The Hall–Kier alpha value is -2.80. The molecule has 0 unspecified atom stereocenters. The van der Waals surface area contributed by atoms with Gasteiger partial charge in [-0.2, -0.15) is 0 Å². The number of imidazole rings is 1. The second kappa shape index (κ2) is 6.98. The topological polar surface area (TPSA) is 57.2 Å². The van der Waals surface area contributed by atoms with Gasteiger partial charge in [0.05, 0.1) is 18.0 Å². The van der Waals surface area contributed by atoms with Crippen LogP contribution in [0.15, 0.2) is 47.2 Å². The fraction of sp³-hybridized carbons (Fsp3) is 0.429. The quantitative estimate of drug-likeness (QED) is 0.700. The molecule has 0 radical (unpaired) electrons. The highest BCUT2D eigenvalue weighted by Crippen LogP contribution is 2.28. The van der Waals surface area contributed by atoms with Crippen molar-refractivity contribution < 1.29 is 9.21 Å². The minimum atomic E-state index is -0.0513. The first kappa shape index (κ1) is 17.3. The van der Waals surface area contributed by atoms with Gasteiger partial charge in [0.15, 0.2) is 5.76 Å². The molecule has 28 heavy (non-hydrogen) atoms. The van der Waals surface area contributed by atoms with Crippen molar-refractivity contribution in [1.29, 1.82) is 0 Å². The van der Waals surface area contributed by atoms with Crippen molar-refractivity contribution in [1.82, 2.24) is 19.2 Å². The van der Waals surface area contributed by atoms with E-state index >= 15 is 0 Å². The van der Waals surface area contributed by atoms with E-state index in [0.717, 1.165) is 31.0 Å². The summed E-state index contributed by atoms with van der Waals surface area (Å²) < 4.78 is 7.50. The maximum absolute atomic E-state index is 12.7. The number of fused-ring (bicyclic) bond motifs is 1. The van der Waals surface area contributed by atoms with Crippen LogP contribution < -0.4 is 4.90 Å². The van der Waals surface area contributed by atoms with Crippen LogP contribution in [0, 0.1) is 0 Å². The summed E-state index contributed by atoms with van der Waals surface area (Å²) in [6, 6.07) is 9.85. The van der Waals surface area contributed by atoms with Gasteiger partial charge in [-0.1, -0.05) is 6.07 Å². The number of aromatic nitrogens is 2. The van der Waals surface area contributed by atoms with E-state index in [9.17, 15) is 4.79 Å². The number of piperazine rings is 1. The highest BCUT2D eigenvalue weighted by molar-refractivity contribution is 5.91. The smallest absolute Gasteiger partial charge is 0.289 e. The lowest BCUT2D eigenvalue weighted by atomic mass is 10.1. The van der Waals surface area contributed by atoms with Crippen molar-refractivity contribution in [3.05, 3.63) is 54.2 Å². The summed E-state index contributed by atoms with van der Waals surface area (Å²) in [6.45, 7) is 4.31. The molecule has 0 N–H and O–H groups in total. The number of likely N-dealkylation sites (N-methyl/N-ethyl adjacent to an activating group) is 1. The van der Waals surface area contributed by atoms with Crippen molar-refractivity contribution in [3.63, 3.8) is 0 Å². The molecule has 7 nitrogen and oxygen atoms in total. The van der Waals surface area contributed by atoms with Crippen molar-refractivity contribution in [2.45, 2.75) is 18.9 Å². The van der Waals surface area contributed by atoms with Crippen LogP contribution in [0.1, 0.15) is 35.1 Å². The highest BCUT2D eigenvalue weighted by atomic mass is 16.3. The third-order valence-electron chi connectivity index (χ3n) is 5.93. The normalized spacial score (nSPS) is 21.0. The van der Waals surface area contributed by atoms with Crippen molar-refractivity contribution in [2.75, 3.05) is 44.7 Å². The lowest BCUT2D eigenvalue weighted by molar-refractivity contribution is 0.0512. The van der Waals surface area contributed by atoms with Gasteiger partial charge in [-0.05, 0) is 44.2 Å². The second-order valence-corrected chi connectivity index (χ2v) is 7.70. The monoisotopic (exact) mass is 379 g/mol. The van der Waals surface area contributed by atoms with Crippen LogP contribution in [0.25, 0.3) is 5.65 Å². The summed E-state index contributed by atoms with van der Waals surface area (Å²) in [5.74, 6) is 1.55. The van der Waals surface area contributed by atoms with Crippen molar-refractivity contribution in [3.8, 4) is 0 Å². The van der Waals surface area contributed by atoms with E-state index in [2.05, 4.69) is 45.6 Å². The number of hydrogen-bond donors (Lipinski definition) is 0. The molecule has 1 amide bonds. The van der Waals surface area contributed by atoms with Gasteiger partial charge >= 0.3 is 0 Å². The second-order valence-electron chi connectivity index (χ2n) is 7.70. The fourth-order valence-corrected chi connectivity index (χ4v) is 4.31. The summed E-state index contributed by atoms with van der Waals surface area (Å²) in [7, 11) is 2.10. The molecule has 0 bridgehead atoms. The fourth-order valence-electron chi connectivity index (χ4n) is 4.31. The molecule has 3 aromatic heterocycles. The zero-order chi connectivity index (χ0) is 19.1. The molecule has 5 heterocycles. The third kappa shape index (κ3) is 2.96. The molecule has 2 fully saturated rings. The van der Waals surface area contributed by atoms with E-state index in [-0.39, 0.29) is 11.9 Å². The lowest BCUT2D eigenvalue weighted by Crippen LogP contribution is -2.49. The third-order valence-corrected chi connectivity index (χ3v) is 5.93. The van der Waals surface area contributed by atoms with Gasteiger partial charge in [-0.15, -0.1) is 0 Å². The first-order valence-electron chi connectivity index (χ1n) is 9.97. The maximum atomic E-state index is 12.7. The molecule has 1 atom stereocenters. The minimum absolute atomic E-state index is 0.0513. The van der Waals surface area contributed by atoms with Crippen LogP contribution in [-0.4, -0.2) is 64.9 Å². The van der Waals surface area contributed by atoms with Crippen molar-refractivity contribution >= 4 is 17.4 Å². The van der Waals surface area contributed by atoms with Crippen LogP contribution >= 0.6 is 0 Å². The zero-order valence-electron chi connectivity index (χ0n) is 16.1. The van der Waals surface area contributed by atoms with Crippen LogP contribution in [-0.2, 0) is 0 Å². The first-order chi connectivity index (χ1) is 13.7. The Morgan fingerprint density at radius 3 is 2.75 bits per heavy atom. The largest absolute Gasteiger partial charge is 0.459 e. The summed E-state index contributed by atoms with van der Waals surface area (Å²) in [6.07, 6.45) is 6.17. The number of hydrogen-bond acceptors (Lipinski definition) is 5. The number of carbonyl (C=O) groups is 1. The molecule has 5 rings (SSSR count). The van der Waals surface area contributed by atoms with E-state index in [1.165, 1.54) is 18.7 Å². The van der Waals surface area contributed by atoms with E-state index in [4.69, 9.17) is 9.40 Å². The van der Waals surface area contributed by atoms with Crippen LogP contribution in [0.2, 0.25) is 0 Å². The van der Waals surface area contributed by atoms with Gasteiger partial charge in [0.25, 0.3) is 5.91 Å². The maximum Gasteiger partial charge on any atom is 0.289 e. The summed E-state index contributed by atoms with van der Waals surface area (Å²) in [5, 5.41) is 0. The molecule has 2 saturated heterocycles. The van der Waals surface area contributed by atoms with Gasteiger partial charge in [0.1, 0.15) is 11.5 Å². The lowest BCUT2D eigenvalue weighted by Gasteiger charge is -2.38. The number of nitrogens with zero attached hydrogens (tertiary/aromatic N) is 5. The molecule has 0 aromatic carbocycles. The van der Waals surface area contributed by atoms with Crippen LogP contribution in [0.3, 0.4) is 0 Å². The molecular weight excluding hydrogens is 354 g/mol. The number of pyridine rings is 1. The molecule has 2 aliphatic heterocycles. The predicted octanol–water partition coefficient (Wildman–Crippen LogP) is 2.66. The Balaban J connectivity index is 1.44. The van der Waals surface area contributed by atoms with Crippen LogP contribution in [0.4, 0.5) is 5.82 Å².